The van der Waals surface area contributed by atoms with Gasteiger partial charge in [-0.25, -0.2) is 8.42 Å². The van der Waals surface area contributed by atoms with E-state index in [1.165, 1.54) is 10.4 Å². The summed E-state index contributed by atoms with van der Waals surface area (Å²) in [4.78, 5) is 12.9. The maximum Gasteiger partial charge on any atom is 0.416 e. The van der Waals surface area contributed by atoms with Gasteiger partial charge in [0.1, 0.15) is 0 Å². The Hall–Kier alpha value is -1.65. The van der Waals surface area contributed by atoms with Crippen LogP contribution >= 0.6 is 0 Å². The molecule has 0 unspecified atom stereocenters. The minimum atomic E-state index is -4.59. The number of carbonyl (C=O) groups is 1. The van der Waals surface area contributed by atoms with Gasteiger partial charge in [0.05, 0.1) is 10.5 Å². The Morgan fingerprint density at radius 3 is 2.31 bits per heavy atom. The zero-order chi connectivity index (χ0) is 19.1. The molecule has 26 heavy (non-hydrogen) atoms. The number of amides is 1. The average molecular weight is 391 g/mol. The molecule has 2 aliphatic heterocycles. The number of piperidine rings is 1. The van der Waals surface area contributed by atoms with Crippen molar-refractivity contribution in [1.29, 1.82) is 0 Å². The molecule has 6 nitrogen and oxygen atoms in total. The van der Waals surface area contributed by atoms with E-state index in [2.05, 4.69) is 4.90 Å². The molecule has 0 radical (unpaired) electrons. The van der Waals surface area contributed by atoms with Crippen LogP contribution in [0.2, 0.25) is 0 Å². The van der Waals surface area contributed by atoms with E-state index in [1.54, 1.807) is 0 Å². The van der Waals surface area contributed by atoms with Gasteiger partial charge in [-0.3, -0.25) is 9.69 Å². The van der Waals surface area contributed by atoms with Crippen molar-refractivity contribution in [3.8, 4) is 0 Å². The number of nitrogens with two attached hydrogens (primary N) is 1. The van der Waals surface area contributed by atoms with Crippen LogP contribution in [0.1, 0.15) is 18.4 Å². The number of sulfonamides is 1. The van der Waals surface area contributed by atoms with Crippen LogP contribution in [0.3, 0.4) is 0 Å². The van der Waals surface area contributed by atoms with Crippen molar-refractivity contribution < 1.29 is 26.4 Å². The molecule has 144 valence electrons. The van der Waals surface area contributed by atoms with Crippen molar-refractivity contribution in [3.63, 3.8) is 0 Å². The summed E-state index contributed by atoms with van der Waals surface area (Å²) in [7, 11) is -3.95. The minimum Gasteiger partial charge on any atom is -0.369 e. The third kappa shape index (κ3) is 3.72. The first-order valence-corrected chi connectivity index (χ1v) is 9.74. The lowest BCUT2D eigenvalue weighted by Gasteiger charge is -2.46. The lowest BCUT2D eigenvalue weighted by molar-refractivity contribution is -0.137. The number of halogens is 3. The van der Waals surface area contributed by atoms with Crippen molar-refractivity contribution in [2.75, 3.05) is 26.2 Å². The van der Waals surface area contributed by atoms with Crippen LogP contribution in [0, 0.1) is 5.92 Å². The number of hydrogen-bond donors (Lipinski definition) is 1. The van der Waals surface area contributed by atoms with E-state index >= 15 is 0 Å². The Balaban J connectivity index is 1.63. The first-order chi connectivity index (χ1) is 12.1. The van der Waals surface area contributed by atoms with Gasteiger partial charge in [0.2, 0.25) is 15.9 Å². The summed E-state index contributed by atoms with van der Waals surface area (Å²) >= 11 is 0. The van der Waals surface area contributed by atoms with E-state index in [0.29, 0.717) is 32.0 Å². The van der Waals surface area contributed by atoms with Crippen molar-refractivity contribution in [3.05, 3.63) is 29.8 Å². The van der Waals surface area contributed by atoms with E-state index in [0.717, 1.165) is 12.1 Å². The van der Waals surface area contributed by atoms with Crippen molar-refractivity contribution in [2.45, 2.75) is 30.0 Å². The van der Waals surface area contributed by atoms with E-state index < -0.39 is 21.8 Å². The Kier molecular flexibility index (Phi) is 5.02. The Morgan fingerprint density at radius 1 is 1.15 bits per heavy atom. The van der Waals surface area contributed by atoms with Crippen LogP contribution in [0.4, 0.5) is 13.2 Å². The van der Waals surface area contributed by atoms with Gasteiger partial charge in [-0.15, -0.1) is 0 Å². The monoisotopic (exact) mass is 391 g/mol. The molecule has 0 bridgehead atoms. The van der Waals surface area contributed by atoms with Crippen molar-refractivity contribution in [2.24, 2.45) is 11.7 Å². The summed E-state index contributed by atoms with van der Waals surface area (Å²) in [6.45, 7) is 1.80. The molecule has 2 N–H and O–H groups in total. The fourth-order valence-corrected chi connectivity index (χ4v) is 4.94. The molecule has 1 amide bonds. The van der Waals surface area contributed by atoms with Gasteiger partial charge in [-0.1, -0.05) is 6.07 Å². The standard InChI is InChI=1S/C16H20F3N3O3S/c17-16(18,19)12-2-1-3-14(8-12)26(24,25)22-9-13(10-22)21-6-4-11(5-7-21)15(20)23/h1-3,8,11,13H,4-7,9-10H2,(H2,20,23). The molecule has 0 atom stereocenters. The summed E-state index contributed by atoms with van der Waals surface area (Å²) in [5.41, 5.74) is 4.31. The second-order valence-corrected chi connectivity index (χ2v) is 8.65. The van der Waals surface area contributed by atoms with Gasteiger partial charge in [-0.2, -0.15) is 17.5 Å². The molecular weight excluding hydrogens is 371 g/mol. The Bertz CT molecular complexity index is 783. The van der Waals surface area contributed by atoms with E-state index in [1.807, 2.05) is 0 Å². The number of nitrogens with zero attached hydrogens (tertiary/aromatic N) is 2. The number of primary amides is 1. The molecule has 0 aromatic heterocycles. The molecule has 1 aromatic rings. The van der Waals surface area contributed by atoms with Gasteiger partial charge < -0.3 is 5.73 Å². The highest BCUT2D eigenvalue weighted by atomic mass is 32.2. The largest absolute Gasteiger partial charge is 0.416 e. The molecule has 0 aliphatic carbocycles. The maximum absolute atomic E-state index is 12.8. The predicted octanol–water partition coefficient (Wildman–Crippen LogP) is 1.28. The van der Waals surface area contributed by atoms with Crippen LogP contribution in [0.15, 0.2) is 29.2 Å². The lowest BCUT2D eigenvalue weighted by atomic mass is 9.94. The van der Waals surface area contributed by atoms with E-state index in [9.17, 15) is 26.4 Å². The summed E-state index contributed by atoms with van der Waals surface area (Å²) < 4.78 is 64.7. The van der Waals surface area contributed by atoms with Gasteiger partial charge in [0, 0.05) is 25.0 Å². The Morgan fingerprint density at radius 2 is 1.77 bits per heavy atom. The van der Waals surface area contributed by atoms with E-state index in [4.69, 9.17) is 5.73 Å². The molecule has 10 heteroatoms. The SMILES string of the molecule is NC(=O)C1CCN(C2CN(S(=O)(=O)c3cccc(C(F)(F)F)c3)C2)CC1. The molecular formula is C16H20F3N3O3S. The van der Waals surface area contributed by atoms with E-state index in [-0.39, 0.29) is 35.9 Å². The number of alkyl halides is 3. The summed E-state index contributed by atoms with van der Waals surface area (Å²) in [6, 6.07) is 3.81. The van der Waals surface area contributed by atoms with Crippen LogP contribution in [-0.4, -0.2) is 55.8 Å². The van der Waals surface area contributed by atoms with Gasteiger partial charge >= 0.3 is 6.18 Å². The average Bonchev–Trinajstić information content (AvgIpc) is 2.53. The highest BCUT2D eigenvalue weighted by Crippen LogP contribution is 2.32. The van der Waals surface area contributed by atoms with Crippen LogP contribution in [0.5, 0.6) is 0 Å². The van der Waals surface area contributed by atoms with Gasteiger partial charge in [0.25, 0.3) is 0 Å². The Labute approximate surface area is 149 Å². The molecule has 3 rings (SSSR count). The molecule has 0 saturated carbocycles. The molecule has 2 fully saturated rings. The first kappa shape index (κ1) is 19.1. The van der Waals surface area contributed by atoms with Crippen molar-refractivity contribution >= 4 is 15.9 Å². The first-order valence-electron chi connectivity index (χ1n) is 8.30. The third-order valence-corrected chi connectivity index (χ3v) is 6.90. The molecule has 2 heterocycles. The fraction of sp³-hybridized carbons (Fsp3) is 0.562. The van der Waals surface area contributed by atoms with Gasteiger partial charge in [-0.05, 0) is 44.1 Å². The second kappa shape index (κ2) is 6.82. The molecule has 0 spiro atoms. The lowest BCUT2D eigenvalue weighted by Crippen LogP contribution is -2.62. The van der Waals surface area contributed by atoms with Crippen molar-refractivity contribution in [1.82, 2.24) is 9.21 Å². The number of likely N-dealkylation sites (tertiary alicyclic amines) is 1. The predicted molar refractivity (Wildman–Crippen MR) is 87.5 cm³/mol. The second-order valence-electron chi connectivity index (χ2n) is 6.71. The zero-order valence-corrected chi connectivity index (χ0v) is 14.8. The highest BCUT2D eigenvalue weighted by molar-refractivity contribution is 7.89. The topological polar surface area (TPSA) is 83.7 Å². The smallest absolute Gasteiger partial charge is 0.369 e. The summed E-state index contributed by atoms with van der Waals surface area (Å²) in [5, 5.41) is 0. The maximum atomic E-state index is 12.8. The summed E-state index contributed by atoms with van der Waals surface area (Å²) in [5.74, 6) is -0.455. The number of rotatable bonds is 4. The summed E-state index contributed by atoms with van der Waals surface area (Å²) in [6.07, 6.45) is -3.30. The van der Waals surface area contributed by atoms with Crippen LogP contribution in [0.25, 0.3) is 0 Å². The van der Waals surface area contributed by atoms with Crippen LogP contribution < -0.4 is 5.73 Å². The number of carbonyl (C=O) groups excluding carboxylic acids is 1. The molecule has 1 aromatic carbocycles. The highest BCUT2D eigenvalue weighted by Gasteiger charge is 2.41. The quantitative estimate of drug-likeness (QED) is 0.838. The molecule has 2 aliphatic rings. The minimum absolute atomic E-state index is 0.0180. The van der Waals surface area contributed by atoms with Gasteiger partial charge in [0.15, 0.2) is 0 Å². The zero-order valence-electron chi connectivity index (χ0n) is 13.9. The number of hydrogen-bond acceptors (Lipinski definition) is 4. The fourth-order valence-electron chi connectivity index (χ4n) is 3.37. The molecule has 2 saturated heterocycles. The normalized spacial score (nSPS) is 21.5. The van der Waals surface area contributed by atoms with Crippen LogP contribution in [-0.2, 0) is 21.0 Å². The third-order valence-electron chi connectivity index (χ3n) is 5.08. The number of benzene rings is 1.